The first-order chi connectivity index (χ1) is 11.4. The summed E-state index contributed by atoms with van der Waals surface area (Å²) < 4.78 is 5.48. The Morgan fingerprint density at radius 3 is 2.71 bits per heavy atom. The Kier molecular flexibility index (Phi) is 4.34. The average Bonchev–Trinajstić information content (AvgIpc) is 3.21. The quantitative estimate of drug-likeness (QED) is 0.807. The zero-order chi connectivity index (χ0) is 17.3. The van der Waals surface area contributed by atoms with Gasteiger partial charge in [0.15, 0.2) is 0 Å². The minimum absolute atomic E-state index is 0.0826. The molecule has 3 rings (SSSR count). The van der Waals surface area contributed by atoms with Gasteiger partial charge < -0.3 is 15.1 Å². The van der Waals surface area contributed by atoms with Crippen molar-refractivity contribution in [2.45, 2.75) is 57.5 Å². The number of nitrogens with zero attached hydrogens (tertiary/aromatic N) is 1. The number of furan rings is 1. The lowest BCUT2D eigenvalue weighted by Crippen LogP contribution is -2.44. The van der Waals surface area contributed by atoms with E-state index in [1.54, 1.807) is 0 Å². The number of nitrogens with one attached hydrogen (secondary N) is 2. The zero-order valence-electron chi connectivity index (χ0n) is 14.1. The predicted molar refractivity (Wildman–Crippen MR) is 86.1 cm³/mol. The van der Waals surface area contributed by atoms with Crippen molar-refractivity contribution in [2.24, 2.45) is 0 Å². The molecule has 130 valence electrons. The molecule has 1 aromatic heterocycles. The van der Waals surface area contributed by atoms with Crippen molar-refractivity contribution in [1.29, 1.82) is 0 Å². The minimum atomic E-state index is -0.716. The molecular weight excluding hydrogens is 310 g/mol. The fraction of sp³-hybridized carbons (Fsp3) is 0.588. The lowest BCUT2D eigenvalue weighted by Gasteiger charge is -2.20. The van der Waals surface area contributed by atoms with E-state index >= 15 is 0 Å². The summed E-state index contributed by atoms with van der Waals surface area (Å²) in [5, 5.41) is 5.63. The summed E-state index contributed by atoms with van der Waals surface area (Å²) in [5.41, 5.74) is -0.716. The van der Waals surface area contributed by atoms with E-state index in [1.807, 2.05) is 26.0 Å². The lowest BCUT2D eigenvalue weighted by molar-refractivity contribution is -0.131. The van der Waals surface area contributed by atoms with Gasteiger partial charge >= 0.3 is 6.03 Å². The molecule has 0 radical (unpaired) electrons. The molecule has 1 saturated carbocycles. The fourth-order valence-electron chi connectivity index (χ4n) is 3.48. The Hall–Kier alpha value is -2.31. The number of urea groups is 1. The highest BCUT2D eigenvalue weighted by Gasteiger charge is 2.52. The first-order valence-corrected chi connectivity index (χ1v) is 8.41. The van der Waals surface area contributed by atoms with E-state index in [2.05, 4.69) is 10.6 Å². The second-order valence-corrected chi connectivity index (χ2v) is 6.66. The van der Waals surface area contributed by atoms with Crippen LogP contribution < -0.4 is 10.6 Å². The van der Waals surface area contributed by atoms with Crippen molar-refractivity contribution in [3.63, 3.8) is 0 Å². The molecule has 2 heterocycles. The number of carbonyl (C=O) groups excluding carboxylic acids is 3. The third kappa shape index (κ3) is 3.02. The van der Waals surface area contributed by atoms with Gasteiger partial charge in [-0.2, -0.15) is 0 Å². The van der Waals surface area contributed by atoms with Gasteiger partial charge in [0.05, 0.1) is 6.04 Å². The molecule has 1 atom stereocenters. The molecule has 0 aromatic carbocycles. The maximum atomic E-state index is 12.5. The zero-order valence-corrected chi connectivity index (χ0v) is 14.1. The number of hydrogen-bond acceptors (Lipinski definition) is 4. The van der Waals surface area contributed by atoms with E-state index in [9.17, 15) is 14.4 Å². The molecule has 4 amide bonds. The van der Waals surface area contributed by atoms with Crippen LogP contribution in [0.5, 0.6) is 0 Å². The third-order valence-corrected chi connectivity index (χ3v) is 4.83. The van der Waals surface area contributed by atoms with E-state index < -0.39 is 5.54 Å². The summed E-state index contributed by atoms with van der Waals surface area (Å²) in [6.45, 7) is 3.77. The van der Waals surface area contributed by atoms with Crippen molar-refractivity contribution in [2.75, 3.05) is 6.54 Å². The molecule has 1 spiro atoms. The topological polar surface area (TPSA) is 91.7 Å². The molecule has 7 heteroatoms. The maximum Gasteiger partial charge on any atom is 0.325 e. The predicted octanol–water partition coefficient (Wildman–Crippen LogP) is 2.02. The van der Waals surface area contributed by atoms with Crippen molar-refractivity contribution in [3.8, 4) is 0 Å². The fourth-order valence-corrected chi connectivity index (χ4v) is 3.48. The largest absolute Gasteiger partial charge is 0.464 e. The molecular formula is C17H23N3O4. The molecule has 0 unspecified atom stereocenters. The maximum absolute atomic E-state index is 12.5. The molecule has 24 heavy (non-hydrogen) atoms. The van der Waals surface area contributed by atoms with Gasteiger partial charge in [-0.3, -0.25) is 14.5 Å². The molecule has 7 nitrogen and oxygen atoms in total. The number of aryl methyl sites for hydroxylation is 1. The van der Waals surface area contributed by atoms with Gasteiger partial charge in [0.1, 0.15) is 17.1 Å². The summed E-state index contributed by atoms with van der Waals surface area (Å²) in [5.74, 6) is 1.06. The van der Waals surface area contributed by atoms with Gasteiger partial charge in [0.2, 0.25) is 5.91 Å². The van der Waals surface area contributed by atoms with Crippen LogP contribution in [0.25, 0.3) is 0 Å². The Labute approximate surface area is 140 Å². The van der Waals surface area contributed by atoms with Gasteiger partial charge in [-0.15, -0.1) is 0 Å². The highest BCUT2D eigenvalue weighted by molar-refractivity contribution is 6.07. The second-order valence-electron chi connectivity index (χ2n) is 6.66. The third-order valence-electron chi connectivity index (χ3n) is 4.83. The molecule has 1 aliphatic carbocycles. The number of carbonyl (C=O) groups is 3. The van der Waals surface area contributed by atoms with Gasteiger partial charge in [-0.25, -0.2) is 4.79 Å². The van der Waals surface area contributed by atoms with Crippen molar-refractivity contribution < 1.29 is 18.8 Å². The van der Waals surface area contributed by atoms with E-state index in [4.69, 9.17) is 4.42 Å². The van der Waals surface area contributed by atoms with Crippen molar-refractivity contribution >= 4 is 17.8 Å². The summed E-state index contributed by atoms with van der Waals surface area (Å²) in [6.07, 6.45) is 3.35. The second kappa shape index (κ2) is 6.30. The molecule has 2 aliphatic rings. The van der Waals surface area contributed by atoms with Crippen LogP contribution in [0, 0.1) is 6.92 Å². The Bertz CT molecular complexity index is 661. The summed E-state index contributed by atoms with van der Waals surface area (Å²) >= 11 is 0. The summed E-state index contributed by atoms with van der Waals surface area (Å²) in [6, 6.07) is 3.02. The first kappa shape index (κ1) is 16.5. The Balaban J connectivity index is 1.53. The van der Waals surface area contributed by atoms with Crippen molar-refractivity contribution in [3.05, 3.63) is 23.7 Å². The number of rotatable bonds is 5. The van der Waals surface area contributed by atoms with Crippen LogP contribution in [0.4, 0.5) is 4.79 Å². The summed E-state index contributed by atoms with van der Waals surface area (Å²) in [4.78, 5) is 37.8. The molecule has 1 aliphatic heterocycles. The van der Waals surface area contributed by atoms with E-state index in [0.717, 1.165) is 18.6 Å². The minimum Gasteiger partial charge on any atom is -0.464 e. The summed E-state index contributed by atoms with van der Waals surface area (Å²) in [7, 11) is 0. The average molecular weight is 333 g/mol. The van der Waals surface area contributed by atoms with Crippen LogP contribution in [0.1, 0.15) is 56.6 Å². The number of imide groups is 1. The van der Waals surface area contributed by atoms with Gasteiger partial charge in [0, 0.05) is 13.0 Å². The molecule has 1 aromatic rings. The molecule has 2 fully saturated rings. The molecule has 1 saturated heterocycles. The van der Waals surface area contributed by atoms with Gasteiger partial charge in [0.25, 0.3) is 5.91 Å². The van der Waals surface area contributed by atoms with Crippen LogP contribution >= 0.6 is 0 Å². The van der Waals surface area contributed by atoms with Crippen LogP contribution in [0.15, 0.2) is 16.5 Å². The Morgan fingerprint density at radius 1 is 1.38 bits per heavy atom. The van der Waals surface area contributed by atoms with E-state index in [0.29, 0.717) is 18.6 Å². The van der Waals surface area contributed by atoms with Crippen LogP contribution in [-0.4, -0.2) is 34.8 Å². The Morgan fingerprint density at radius 2 is 2.08 bits per heavy atom. The number of hydrogen-bond donors (Lipinski definition) is 2. The number of amides is 4. The molecule has 2 N–H and O–H groups in total. The highest BCUT2D eigenvalue weighted by Crippen LogP contribution is 2.35. The smallest absolute Gasteiger partial charge is 0.325 e. The normalized spacial score (nSPS) is 20.5. The first-order valence-electron chi connectivity index (χ1n) is 8.41. The van der Waals surface area contributed by atoms with Crippen LogP contribution in [0.2, 0.25) is 0 Å². The standard InChI is InChI=1S/C17H23N3O4/c1-11-5-6-13(24-11)12(2)18-14(21)7-10-20-15(22)17(19-16(20)23)8-3-4-9-17/h5-6,12H,3-4,7-10H2,1-2H3,(H,18,21)(H,19,23)/t12-/m0/s1. The monoisotopic (exact) mass is 333 g/mol. The van der Waals surface area contributed by atoms with Crippen LogP contribution in [0.3, 0.4) is 0 Å². The van der Waals surface area contributed by atoms with Crippen LogP contribution in [-0.2, 0) is 9.59 Å². The van der Waals surface area contributed by atoms with Crippen molar-refractivity contribution in [1.82, 2.24) is 15.5 Å². The molecule has 0 bridgehead atoms. The van der Waals surface area contributed by atoms with Gasteiger partial charge in [-0.1, -0.05) is 12.8 Å². The van der Waals surface area contributed by atoms with E-state index in [1.165, 1.54) is 4.90 Å². The lowest BCUT2D eigenvalue weighted by atomic mass is 9.98. The highest BCUT2D eigenvalue weighted by atomic mass is 16.3. The SMILES string of the molecule is Cc1ccc([C@H](C)NC(=O)CCN2C(=O)NC3(CCCC3)C2=O)o1. The van der Waals surface area contributed by atoms with Gasteiger partial charge in [-0.05, 0) is 38.8 Å². The van der Waals surface area contributed by atoms with E-state index in [-0.39, 0.29) is 36.9 Å².